The molecular formula is C19H23N3O4S. The fraction of sp³-hybridized carbons (Fsp3) is 0.316. The number of esters is 1. The van der Waals surface area contributed by atoms with E-state index in [-0.39, 0.29) is 34.5 Å². The van der Waals surface area contributed by atoms with Crippen LogP contribution in [0.4, 0.5) is 5.00 Å². The van der Waals surface area contributed by atoms with Crippen molar-refractivity contribution in [3.8, 4) is 0 Å². The van der Waals surface area contributed by atoms with Crippen molar-refractivity contribution in [1.29, 1.82) is 0 Å². The number of nitrogens with zero attached hydrogens (tertiary/aromatic N) is 1. The summed E-state index contributed by atoms with van der Waals surface area (Å²) in [5, 5.41) is 2.99. The highest BCUT2D eigenvalue weighted by Gasteiger charge is 2.25. The van der Waals surface area contributed by atoms with Crippen LogP contribution in [0.3, 0.4) is 0 Å². The van der Waals surface area contributed by atoms with Crippen LogP contribution in [-0.4, -0.2) is 42.9 Å². The van der Waals surface area contributed by atoms with E-state index in [0.717, 1.165) is 16.9 Å². The Hall–Kier alpha value is -2.71. The van der Waals surface area contributed by atoms with E-state index < -0.39 is 11.9 Å². The summed E-state index contributed by atoms with van der Waals surface area (Å²) >= 11 is 0.982. The third kappa shape index (κ3) is 5.38. The molecule has 0 spiro atoms. The summed E-state index contributed by atoms with van der Waals surface area (Å²) in [4.78, 5) is 38.3. The molecule has 144 valence electrons. The molecule has 1 heterocycles. The van der Waals surface area contributed by atoms with Crippen LogP contribution in [0, 0.1) is 6.92 Å². The van der Waals surface area contributed by atoms with Crippen LogP contribution in [-0.2, 0) is 16.1 Å². The molecular weight excluding hydrogens is 366 g/mol. The van der Waals surface area contributed by atoms with Crippen molar-refractivity contribution in [2.75, 3.05) is 25.5 Å². The number of nitrogens with one attached hydrogen (secondary N) is 1. The second-order valence-corrected chi connectivity index (χ2v) is 7.07. The number of ether oxygens (including phenoxy) is 1. The molecule has 0 radical (unpaired) electrons. The van der Waals surface area contributed by atoms with Crippen LogP contribution in [0.15, 0.2) is 30.3 Å². The predicted octanol–water partition coefficient (Wildman–Crippen LogP) is 2.40. The van der Waals surface area contributed by atoms with Gasteiger partial charge in [-0.05, 0) is 32.0 Å². The SMILES string of the molecule is CCOC(=O)c1c(NC(=O)CN(C)Cc2ccccc2)sc(C(N)=O)c1C. The van der Waals surface area contributed by atoms with E-state index in [1.165, 1.54) is 0 Å². The number of likely N-dealkylation sites (N-methyl/N-ethyl adjacent to an activating group) is 1. The van der Waals surface area contributed by atoms with E-state index in [1.807, 2.05) is 42.3 Å². The molecule has 0 aliphatic heterocycles. The molecule has 2 amide bonds. The number of carbonyl (C=O) groups excluding carboxylic acids is 3. The van der Waals surface area contributed by atoms with Gasteiger partial charge in [0.25, 0.3) is 5.91 Å². The predicted molar refractivity (Wildman–Crippen MR) is 105 cm³/mol. The fourth-order valence-corrected chi connectivity index (χ4v) is 3.71. The van der Waals surface area contributed by atoms with Gasteiger partial charge in [-0.15, -0.1) is 11.3 Å². The second-order valence-electron chi connectivity index (χ2n) is 6.05. The standard InChI is InChI=1S/C19H23N3O4S/c1-4-26-19(25)15-12(2)16(17(20)24)27-18(15)21-14(23)11-22(3)10-13-8-6-5-7-9-13/h5-9H,4,10-11H2,1-3H3,(H2,20,24)(H,21,23). The van der Waals surface area contributed by atoms with Crippen molar-refractivity contribution in [3.05, 3.63) is 51.9 Å². The van der Waals surface area contributed by atoms with Crippen molar-refractivity contribution in [2.24, 2.45) is 5.73 Å². The summed E-state index contributed by atoms with van der Waals surface area (Å²) in [7, 11) is 1.83. The molecule has 3 N–H and O–H groups in total. The minimum absolute atomic E-state index is 0.125. The zero-order chi connectivity index (χ0) is 20.0. The zero-order valence-electron chi connectivity index (χ0n) is 15.6. The van der Waals surface area contributed by atoms with E-state index in [2.05, 4.69) is 5.32 Å². The Kier molecular flexibility index (Phi) is 7.09. The van der Waals surface area contributed by atoms with Gasteiger partial charge in [0, 0.05) is 6.54 Å². The lowest BCUT2D eigenvalue weighted by Gasteiger charge is -2.16. The molecule has 0 saturated heterocycles. The number of primary amides is 1. The number of rotatable bonds is 8. The highest BCUT2D eigenvalue weighted by molar-refractivity contribution is 7.18. The maximum absolute atomic E-state index is 12.4. The maximum Gasteiger partial charge on any atom is 0.341 e. The summed E-state index contributed by atoms with van der Waals surface area (Å²) in [5.41, 5.74) is 7.04. The van der Waals surface area contributed by atoms with Crippen molar-refractivity contribution >= 4 is 34.1 Å². The minimum atomic E-state index is -0.648. The number of hydrogen-bond donors (Lipinski definition) is 2. The Bertz CT molecular complexity index is 833. The number of amides is 2. The molecule has 8 heteroatoms. The first-order valence-corrected chi connectivity index (χ1v) is 9.27. The number of carbonyl (C=O) groups is 3. The van der Waals surface area contributed by atoms with Gasteiger partial charge in [-0.1, -0.05) is 30.3 Å². The van der Waals surface area contributed by atoms with E-state index in [9.17, 15) is 14.4 Å². The van der Waals surface area contributed by atoms with Crippen molar-refractivity contribution in [1.82, 2.24) is 4.90 Å². The summed E-state index contributed by atoms with van der Waals surface area (Å²) in [6.07, 6.45) is 0. The highest BCUT2D eigenvalue weighted by atomic mass is 32.1. The second kappa shape index (κ2) is 9.29. The first-order chi connectivity index (χ1) is 12.8. The number of hydrogen-bond acceptors (Lipinski definition) is 6. The van der Waals surface area contributed by atoms with Crippen LogP contribution in [0.25, 0.3) is 0 Å². The van der Waals surface area contributed by atoms with Crippen LogP contribution in [0.1, 0.15) is 38.1 Å². The van der Waals surface area contributed by atoms with Crippen molar-refractivity contribution in [2.45, 2.75) is 20.4 Å². The molecule has 0 aliphatic carbocycles. The van der Waals surface area contributed by atoms with E-state index >= 15 is 0 Å². The van der Waals surface area contributed by atoms with Crippen molar-refractivity contribution in [3.63, 3.8) is 0 Å². The third-order valence-electron chi connectivity index (χ3n) is 3.81. The molecule has 0 unspecified atom stereocenters. The summed E-state index contributed by atoms with van der Waals surface area (Å²) in [6, 6.07) is 9.77. The molecule has 0 saturated carbocycles. The zero-order valence-corrected chi connectivity index (χ0v) is 16.4. The van der Waals surface area contributed by atoms with E-state index in [1.54, 1.807) is 13.8 Å². The third-order valence-corrected chi connectivity index (χ3v) is 5.03. The number of nitrogens with two attached hydrogens (primary N) is 1. The largest absolute Gasteiger partial charge is 0.462 e. The Morgan fingerprint density at radius 3 is 2.48 bits per heavy atom. The van der Waals surface area contributed by atoms with Gasteiger partial charge < -0.3 is 15.8 Å². The van der Waals surface area contributed by atoms with Crippen molar-refractivity contribution < 1.29 is 19.1 Å². The quantitative estimate of drug-likeness (QED) is 0.675. The monoisotopic (exact) mass is 389 g/mol. The number of benzene rings is 1. The molecule has 7 nitrogen and oxygen atoms in total. The van der Waals surface area contributed by atoms with Crippen LogP contribution in [0.2, 0.25) is 0 Å². The molecule has 2 aromatic rings. The van der Waals surface area contributed by atoms with Gasteiger partial charge in [-0.3, -0.25) is 14.5 Å². The maximum atomic E-state index is 12.4. The highest BCUT2D eigenvalue weighted by Crippen LogP contribution is 2.33. The number of anilines is 1. The summed E-state index contributed by atoms with van der Waals surface area (Å²) in [6.45, 7) is 4.22. The molecule has 1 aromatic carbocycles. The first-order valence-electron chi connectivity index (χ1n) is 8.46. The lowest BCUT2D eigenvalue weighted by atomic mass is 10.1. The van der Waals surface area contributed by atoms with Gasteiger partial charge in [0.05, 0.1) is 23.6 Å². The Balaban J connectivity index is 2.13. The molecule has 1 aromatic heterocycles. The Labute approximate surface area is 162 Å². The van der Waals surface area contributed by atoms with Gasteiger partial charge in [-0.2, -0.15) is 0 Å². The van der Waals surface area contributed by atoms with Gasteiger partial charge >= 0.3 is 5.97 Å². The molecule has 0 fully saturated rings. The number of thiophene rings is 1. The lowest BCUT2D eigenvalue weighted by molar-refractivity contribution is -0.117. The Morgan fingerprint density at radius 1 is 1.22 bits per heavy atom. The average molecular weight is 389 g/mol. The summed E-state index contributed by atoms with van der Waals surface area (Å²) in [5.74, 6) is -1.53. The van der Waals surface area contributed by atoms with Gasteiger partial charge in [-0.25, -0.2) is 4.79 Å². The topological polar surface area (TPSA) is 102 Å². The van der Waals surface area contributed by atoms with Crippen LogP contribution >= 0.6 is 11.3 Å². The molecule has 27 heavy (non-hydrogen) atoms. The van der Waals surface area contributed by atoms with E-state index in [0.29, 0.717) is 12.1 Å². The summed E-state index contributed by atoms with van der Waals surface area (Å²) < 4.78 is 5.04. The van der Waals surface area contributed by atoms with Gasteiger partial charge in [0.15, 0.2) is 0 Å². The molecule has 0 atom stereocenters. The van der Waals surface area contributed by atoms with Crippen LogP contribution in [0.5, 0.6) is 0 Å². The van der Waals surface area contributed by atoms with E-state index in [4.69, 9.17) is 10.5 Å². The molecule has 0 aliphatic rings. The van der Waals surface area contributed by atoms with Crippen LogP contribution < -0.4 is 11.1 Å². The average Bonchev–Trinajstić information content (AvgIpc) is 2.92. The first kappa shape index (κ1) is 20.6. The van der Waals surface area contributed by atoms with Gasteiger partial charge in [0.2, 0.25) is 5.91 Å². The molecule has 2 rings (SSSR count). The minimum Gasteiger partial charge on any atom is -0.462 e. The smallest absolute Gasteiger partial charge is 0.341 e. The van der Waals surface area contributed by atoms with Gasteiger partial charge in [0.1, 0.15) is 5.00 Å². The normalized spacial score (nSPS) is 10.7. The molecule has 0 bridgehead atoms. The fourth-order valence-electron chi connectivity index (χ4n) is 2.65. The Morgan fingerprint density at radius 2 is 1.89 bits per heavy atom. The lowest BCUT2D eigenvalue weighted by Crippen LogP contribution is -2.30.